The Morgan fingerprint density at radius 3 is 3.00 bits per heavy atom. The molecule has 1 fully saturated rings. The fourth-order valence-corrected chi connectivity index (χ4v) is 4.87. The van der Waals surface area contributed by atoms with E-state index in [4.69, 9.17) is 0 Å². The molecular weight excluding hydrogens is 262 g/mol. The average Bonchev–Trinajstić information content (AvgIpc) is 2.97. The summed E-state index contributed by atoms with van der Waals surface area (Å²) in [4.78, 5) is 0. The molecule has 2 aromatic rings. The minimum absolute atomic E-state index is 0.520. The molecule has 2 heteroatoms. The molecule has 0 radical (unpaired) electrons. The molecule has 0 saturated heterocycles. The SMILES string of the molecule is CCC1CCCC(C(NC)c2cccc3ccsc23)C1. The molecule has 3 rings (SSSR count). The monoisotopic (exact) mass is 287 g/mol. The van der Waals surface area contributed by atoms with Crippen molar-refractivity contribution in [2.24, 2.45) is 11.8 Å². The molecule has 3 atom stereocenters. The van der Waals surface area contributed by atoms with Crippen LogP contribution in [0.3, 0.4) is 0 Å². The summed E-state index contributed by atoms with van der Waals surface area (Å²) >= 11 is 1.89. The lowest BCUT2D eigenvalue weighted by molar-refractivity contribution is 0.215. The fraction of sp³-hybridized carbons (Fsp3) is 0.556. The maximum atomic E-state index is 3.62. The van der Waals surface area contributed by atoms with Crippen LogP contribution < -0.4 is 5.32 Å². The summed E-state index contributed by atoms with van der Waals surface area (Å²) in [5, 5.41) is 7.24. The second-order valence-corrected chi connectivity index (χ2v) is 7.07. The summed E-state index contributed by atoms with van der Waals surface area (Å²) in [5.41, 5.74) is 1.52. The molecule has 0 aliphatic heterocycles. The van der Waals surface area contributed by atoms with Gasteiger partial charge in [0.1, 0.15) is 0 Å². The van der Waals surface area contributed by atoms with Crippen molar-refractivity contribution in [2.45, 2.75) is 45.1 Å². The average molecular weight is 287 g/mol. The first-order chi connectivity index (χ1) is 9.83. The summed E-state index contributed by atoms with van der Waals surface area (Å²) in [6.07, 6.45) is 6.96. The van der Waals surface area contributed by atoms with Gasteiger partial charge >= 0.3 is 0 Å². The first kappa shape index (κ1) is 14.1. The molecule has 1 nitrogen and oxygen atoms in total. The molecular formula is C18H25NS. The number of hydrogen-bond acceptors (Lipinski definition) is 2. The number of fused-ring (bicyclic) bond motifs is 1. The van der Waals surface area contributed by atoms with Crippen molar-refractivity contribution in [3.63, 3.8) is 0 Å². The standard InChI is InChI=1S/C18H25NS/c1-3-13-6-4-8-15(12-13)17(19-2)16-9-5-7-14-10-11-20-18(14)16/h5,7,9-11,13,15,17,19H,3-4,6,8,12H2,1-2H3. The summed E-state index contributed by atoms with van der Waals surface area (Å²) in [5.74, 6) is 1.73. The quantitative estimate of drug-likeness (QED) is 0.796. The molecule has 1 aromatic heterocycles. The van der Waals surface area contributed by atoms with Crippen molar-refractivity contribution in [3.8, 4) is 0 Å². The minimum Gasteiger partial charge on any atom is -0.313 e. The predicted molar refractivity (Wildman–Crippen MR) is 89.4 cm³/mol. The van der Waals surface area contributed by atoms with Crippen LogP contribution in [-0.4, -0.2) is 7.05 Å². The summed E-state index contributed by atoms with van der Waals surface area (Å²) < 4.78 is 1.48. The highest BCUT2D eigenvalue weighted by Crippen LogP contribution is 2.40. The third-order valence-corrected chi connectivity index (χ3v) is 6.01. The number of benzene rings is 1. The van der Waals surface area contributed by atoms with Crippen molar-refractivity contribution >= 4 is 21.4 Å². The Labute approximate surface area is 126 Å². The maximum absolute atomic E-state index is 3.62. The van der Waals surface area contributed by atoms with Crippen molar-refractivity contribution in [2.75, 3.05) is 7.05 Å². The zero-order valence-corrected chi connectivity index (χ0v) is 13.4. The number of rotatable bonds is 4. The van der Waals surface area contributed by atoms with Crippen LogP contribution in [0, 0.1) is 11.8 Å². The molecule has 3 unspecified atom stereocenters. The fourth-order valence-electron chi connectivity index (χ4n) is 3.91. The zero-order valence-electron chi connectivity index (χ0n) is 12.6. The molecule has 0 bridgehead atoms. The Kier molecular flexibility index (Phi) is 4.42. The van der Waals surface area contributed by atoms with E-state index >= 15 is 0 Å². The Morgan fingerprint density at radius 1 is 1.30 bits per heavy atom. The molecule has 108 valence electrons. The van der Waals surface area contributed by atoms with Crippen LogP contribution in [0.25, 0.3) is 10.1 Å². The molecule has 1 aromatic carbocycles. The Bertz CT molecular complexity index is 559. The molecule has 1 N–H and O–H groups in total. The van der Waals surface area contributed by atoms with E-state index in [9.17, 15) is 0 Å². The van der Waals surface area contributed by atoms with E-state index < -0.39 is 0 Å². The van der Waals surface area contributed by atoms with Gasteiger partial charge in [0.25, 0.3) is 0 Å². The Hall–Kier alpha value is -0.860. The smallest absolute Gasteiger partial charge is 0.0390 e. The van der Waals surface area contributed by atoms with Gasteiger partial charge in [0.2, 0.25) is 0 Å². The van der Waals surface area contributed by atoms with Crippen LogP contribution >= 0.6 is 11.3 Å². The molecule has 0 spiro atoms. The summed E-state index contributed by atoms with van der Waals surface area (Å²) in [6, 6.07) is 9.54. The third-order valence-electron chi connectivity index (χ3n) is 5.03. The topological polar surface area (TPSA) is 12.0 Å². The second kappa shape index (κ2) is 6.28. The van der Waals surface area contributed by atoms with E-state index in [1.807, 2.05) is 11.3 Å². The predicted octanol–water partition coefficient (Wildman–Crippen LogP) is 5.38. The number of nitrogens with one attached hydrogen (secondary N) is 1. The van der Waals surface area contributed by atoms with E-state index in [1.165, 1.54) is 47.8 Å². The van der Waals surface area contributed by atoms with Crippen LogP contribution in [0.5, 0.6) is 0 Å². The lowest BCUT2D eigenvalue weighted by Crippen LogP contribution is -2.29. The van der Waals surface area contributed by atoms with Crippen molar-refractivity contribution in [1.82, 2.24) is 5.32 Å². The van der Waals surface area contributed by atoms with Gasteiger partial charge < -0.3 is 5.32 Å². The van der Waals surface area contributed by atoms with Gasteiger partial charge in [0.05, 0.1) is 0 Å². The van der Waals surface area contributed by atoms with Gasteiger partial charge in [-0.3, -0.25) is 0 Å². The maximum Gasteiger partial charge on any atom is 0.0390 e. The third kappa shape index (κ3) is 2.64. The van der Waals surface area contributed by atoms with Crippen molar-refractivity contribution < 1.29 is 0 Å². The second-order valence-electron chi connectivity index (χ2n) is 6.15. The molecule has 0 amide bonds. The molecule has 1 aliphatic carbocycles. The lowest BCUT2D eigenvalue weighted by Gasteiger charge is -2.34. The van der Waals surface area contributed by atoms with Crippen molar-refractivity contribution in [3.05, 3.63) is 35.2 Å². The molecule has 1 heterocycles. The van der Waals surface area contributed by atoms with Crippen LogP contribution in [-0.2, 0) is 0 Å². The van der Waals surface area contributed by atoms with Crippen LogP contribution in [0.1, 0.15) is 50.6 Å². The molecule has 1 saturated carbocycles. The van der Waals surface area contributed by atoms with E-state index in [1.54, 1.807) is 0 Å². The van der Waals surface area contributed by atoms with Gasteiger partial charge in [-0.05, 0) is 54.1 Å². The highest BCUT2D eigenvalue weighted by molar-refractivity contribution is 7.17. The molecule has 20 heavy (non-hydrogen) atoms. The summed E-state index contributed by atoms with van der Waals surface area (Å²) in [7, 11) is 2.13. The Balaban J connectivity index is 1.91. The number of hydrogen-bond donors (Lipinski definition) is 1. The van der Waals surface area contributed by atoms with Gasteiger partial charge in [-0.25, -0.2) is 0 Å². The van der Waals surface area contributed by atoms with Gasteiger partial charge in [-0.1, -0.05) is 44.4 Å². The normalized spacial score (nSPS) is 24.9. The van der Waals surface area contributed by atoms with E-state index in [2.05, 4.69) is 48.9 Å². The lowest BCUT2D eigenvalue weighted by atomic mass is 9.75. The van der Waals surface area contributed by atoms with Crippen LogP contribution in [0.2, 0.25) is 0 Å². The summed E-state index contributed by atoms with van der Waals surface area (Å²) in [6.45, 7) is 2.35. The number of thiophene rings is 1. The largest absolute Gasteiger partial charge is 0.313 e. The van der Waals surface area contributed by atoms with Crippen LogP contribution in [0.15, 0.2) is 29.6 Å². The van der Waals surface area contributed by atoms with Gasteiger partial charge in [-0.15, -0.1) is 11.3 Å². The minimum atomic E-state index is 0.520. The van der Waals surface area contributed by atoms with Gasteiger partial charge in [0.15, 0.2) is 0 Å². The van der Waals surface area contributed by atoms with Crippen LogP contribution in [0.4, 0.5) is 0 Å². The van der Waals surface area contributed by atoms with Gasteiger partial charge in [-0.2, -0.15) is 0 Å². The van der Waals surface area contributed by atoms with E-state index in [0.29, 0.717) is 6.04 Å². The van der Waals surface area contributed by atoms with E-state index in [0.717, 1.165) is 11.8 Å². The van der Waals surface area contributed by atoms with Gasteiger partial charge in [0, 0.05) is 10.7 Å². The van der Waals surface area contributed by atoms with E-state index in [-0.39, 0.29) is 0 Å². The first-order valence-electron chi connectivity index (χ1n) is 7.96. The highest BCUT2D eigenvalue weighted by atomic mass is 32.1. The zero-order chi connectivity index (χ0) is 13.9. The Morgan fingerprint density at radius 2 is 2.20 bits per heavy atom. The molecule has 1 aliphatic rings. The van der Waals surface area contributed by atoms with Crippen molar-refractivity contribution in [1.29, 1.82) is 0 Å². The first-order valence-corrected chi connectivity index (χ1v) is 8.84. The highest BCUT2D eigenvalue weighted by Gasteiger charge is 2.28.